The molecule has 0 aliphatic carbocycles. The van der Waals surface area contributed by atoms with Crippen molar-refractivity contribution in [2.75, 3.05) is 12.4 Å². The zero-order chi connectivity index (χ0) is 16.8. The van der Waals surface area contributed by atoms with Gasteiger partial charge in [-0.15, -0.1) is 0 Å². The van der Waals surface area contributed by atoms with Gasteiger partial charge in [-0.1, -0.05) is 30.3 Å². The highest BCUT2D eigenvalue weighted by Crippen LogP contribution is 2.28. The maximum Gasteiger partial charge on any atom is 0.412 e. The third-order valence-corrected chi connectivity index (χ3v) is 2.97. The Morgan fingerprint density at radius 3 is 2.52 bits per heavy atom. The Hall–Kier alpha value is -3.09. The van der Waals surface area contributed by atoms with Gasteiger partial charge in [0, 0.05) is 6.07 Å². The molecule has 7 heteroatoms. The van der Waals surface area contributed by atoms with E-state index in [1.165, 1.54) is 7.11 Å². The molecule has 0 fully saturated rings. The summed E-state index contributed by atoms with van der Waals surface area (Å²) in [6.45, 7) is 0.0436. The van der Waals surface area contributed by atoms with Crippen LogP contribution in [-0.4, -0.2) is 24.3 Å². The Morgan fingerprint density at radius 1 is 1.22 bits per heavy atom. The molecule has 120 valence electrons. The molecule has 2 rings (SSSR count). The molecule has 0 unspecified atom stereocenters. The van der Waals surface area contributed by atoms with Crippen molar-refractivity contribution in [3.8, 4) is 5.75 Å². The number of halogens is 1. The van der Waals surface area contributed by atoms with E-state index in [4.69, 9.17) is 14.6 Å². The quantitative estimate of drug-likeness (QED) is 0.883. The van der Waals surface area contributed by atoms with Gasteiger partial charge in [-0.05, 0) is 11.6 Å². The second-order valence-corrected chi connectivity index (χ2v) is 4.52. The molecule has 6 nitrogen and oxygen atoms in total. The van der Waals surface area contributed by atoms with E-state index >= 15 is 0 Å². The smallest absolute Gasteiger partial charge is 0.412 e. The van der Waals surface area contributed by atoms with Crippen molar-refractivity contribution in [2.45, 2.75) is 6.61 Å². The van der Waals surface area contributed by atoms with Crippen molar-refractivity contribution < 1.29 is 28.6 Å². The van der Waals surface area contributed by atoms with Gasteiger partial charge in [0.15, 0.2) is 0 Å². The summed E-state index contributed by atoms with van der Waals surface area (Å²) in [6.07, 6.45) is -0.810. The lowest BCUT2D eigenvalue weighted by molar-refractivity contribution is 0.0691. The van der Waals surface area contributed by atoms with E-state index in [1.807, 2.05) is 6.07 Å². The fourth-order valence-corrected chi connectivity index (χ4v) is 1.85. The number of methoxy groups -OCH3 is 1. The van der Waals surface area contributed by atoms with Gasteiger partial charge < -0.3 is 14.6 Å². The topological polar surface area (TPSA) is 84.9 Å². The zero-order valence-electron chi connectivity index (χ0n) is 12.2. The van der Waals surface area contributed by atoms with E-state index in [0.29, 0.717) is 0 Å². The van der Waals surface area contributed by atoms with Gasteiger partial charge in [0.1, 0.15) is 18.2 Å². The van der Waals surface area contributed by atoms with Crippen LogP contribution in [0.2, 0.25) is 0 Å². The number of aromatic carboxylic acids is 1. The molecule has 0 saturated heterocycles. The minimum atomic E-state index is -1.45. The molecule has 0 bridgehead atoms. The molecule has 0 aliphatic rings. The number of benzene rings is 2. The Kier molecular flexibility index (Phi) is 5.14. The Bertz CT molecular complexity index is 718. The van der Waals surface area contributed by atoms with E-state index in [2.05, 4.69) is 5.32 Å². The molecule has 2 aromatic carbocycles. The van der Waals surface area contributed by atoms with Crippen molar-refractivity contribution in [3.63, 3.8) is 0 Å². The van der Waals surface area contributed by atoms with Crippen LogP contribution in [0.1, 0.15) is 15.9 Å². The predicted molar refractivity (Wildman–Crippen MR) is 80.2 cm³/mol. The number of hydrogen-bond donors (Lipinski definition) is 2. The first-order chi connectivity index (χ1) is 11.0. The van der Waals surface area contributed by atoms with Crippen LogP contribution in [0.5, 0.6) is 5.75 Å². The summed E-state index contributed by atoms with van der Waals surface area (Å²) in [7, 11) is 1.27. The number of hydrogen-bond acceptors (Lipinski definition) is 4. The second-order valence-electron chi connectivity index (χ2n) is 4.52. The van der Waals surface area contributed by atoms with Crippen LogP contribution in [0.15, 0.2) is 42.5 Å². The van der Waals surface area contributed by atoms with E-state index in [-0.39, 0.29) is 18.0 Å². The Balaban J connectivity index is 2.10. The fraction of sp³-hybridized carbons (Fsp3) is 0.125. The molecule has 0 radical (unpaired) electrons. The van der Waals surface area contributed by atoms with Gasteiger partial charge in [-0.2, -0.15) is 0 Å². The number of carbonyl (C=O) groups is 2. The molecule has 0 saturated carbocycles. The SMILES string of the molecule is COc1cc(F)c(C(=O)O)cc1NC(=O)OCc1ccccc1. The lowest BCUT2D eigenvalue weighted by Crippen LogP contribution is -2.15. The minimum absolute atomic E-state index is 0.00404. The number of amides is 1. The standard InChI is InChI=1S/C16H14FNO5/c1-22-14-8-12(17)11(15(19)20)7-13(14)18-16(21)23-9-10-5-3-2-4-6-10/h2-8H,9H2,1H3,(H,18,21)(H,19,20). The summed E-state index contributed by atoms with van der Waals surface area (Å²) < 4.78 is 23.5. The molecule has 0 spiro atoms. The fourth-order valence-electron chi connectivity index (χ4n) is 1.85. The highest BCUT2D eigenvalue weighted by Gasteiger charge is 2.17. The van der Waals surface area contributed by atoms with Crippen LogP contribution in [0.3, 0.4) is 0 Å². The summed E-state index contributed by atoms with van der Waals surface area (Å²) >= 11 is 0. The van der Waals surface area contributed by atoms with Crippen LogP contribution in [0.4, 0.5) is 14.9 Å². The first-order valence-corrected chi connectivity index (χ1v) is 6.59. The van der Waals surface area contributed by atoms with Crippen LogP contribution >= 0.6 is 0 Å². The molecule has 1 amide bonds. The molecular formula is C16H14FNO5. The third kappa shape index (κ3) is 4.19. The average molecular weight is 319 g/mol. The van der Waals surface area contributed by atoms with Gasteiger partial charge in [0.05, 0.1) is 18.4 Å². The molecule has 0 aliphatic heterocycles. The summed E-state index contributed by atoms with van der Waals surface area (Å²) in [5.41, 5.74) is 0.216. The largest absolute Gasteiger partial charge is 0.494 e. The molecule has 23 heavy (non-hydrogen) atoms. The number of anilines is 1. The molecule has 2 N–H and O–H groups in total. The van der Waals surface area contributed by atoms with Crippen LogP contribution in [-0.2, 0) is 11.3 Å². The lowest BCUT2D eigenvalue weighted by atomic mass is 10.1. The molecule has 2 aromatic rings. The number of ether oxygens (including phenoxy) is 2. The summed E-state index contributed by atoms with van der Waals surface area (Å²) in [5, 5.41) is 11.3. The molecule has 0 heterocycles. The van der Waals surface area contributed by atoms with Crippen molar-refractivity contribution in [3.05, 3.63) is 59.4 Å². The monoisotopic (exact) mass is 319 g/mol. The van der Waals surface area contributed by atoms with Crippen LogP contribution in [0, 0.1) is 5.82 Å². The number of rotatable bonds is 5. The summed E-state index contributed by atoms with van der Waals surface area (Å²) in [4.78, 5) is 22.7. The molecular weight excluding hydrogens is 305 g/mol. The molecule has 0 aromatic heterocycles. The number of nitrogens with one attached hydrogen (secondary N) is 1. The first-order valence-electron chi connectivity index (χ1n) is 6.59. The second kappa shape index (κ2) is 7.26. The predicted octanol–water partition coefficient (Wildman–Crippen LogP) is 3.28. The van der Waals surface area contributed by atoms with Gasteiger partial charge in [-0.3, -0.25) is 5.32 Å². The maximum absolute atomic E-state index is 13.6. The third-order valence-electron chi connectivity index (χ3n) is 2.97. The van der Waals surface area contributed by atoms with Crippen LogP contribution in [0.25, 0.3) is 0 Å². The van der Waals surface area contributed by atoms with E-state index in [0.717, 1.165) is 17.7 Å². The summed E-state index contributed by atoms with van der Waals surface area (Å²) in [5.74, 6) is -2.42. The lowest BCUT2D eigenvalue weighted by Gasteiger charge is -2.12. The first kappa shape index (κ1) is 16.3. The van der Waals surface area contributed by atoms with Crippen LogP contribution < -0.4 is 10.1 Å². The van der Waals surface area contributed by atoms with Gasteiger partial charge in [-0.25, -0.2) is 14.0 Å². The molecule has 0 atom stereocenters. The van der Waals surface area contributed by atoms with E-state index in [1.54, 1.807) is 24.3 Å². The van der Waals surface area contributed by atoms with E-state index in [9.17, 15) is 14.0 Å². The Labute approximate surface area is 131 Å². The summed E-state index contributed by atoms with van der Waals surface area (Å²) in [6, 6.07) is 10.9. The highest BCUT2D eigenvalue weighted by atomic mass is 19.1. The van der Waals surface area contributed by atoms with Crippen molar-refractivity contribution in [1.82, 2.24) is 0 Å². The minimum Gasteiger partial charge on any atom is -0.494 e. The highest BCUT2D eigenvalue weighted by molar-refractivity contribution is 5.93. The van der Waals surface area contributed by atoms with Gasteiger partial charge in [0.2, 0.25) is 0 Å². The number of carboxylic acids is 1. The average Bonchev–Trinajstić information content (AvgIpc) is 2.55. The maximum atomic E-state index is 13.6. The van der Waals surface area contributed by atoms with E-state index < -0.39 is 23.4 Å². The normalized spacial score (nSPS) is 10.0. The van der Waals surface area contributed by atoms with Crippen molar-refractivity contribution >= 4 is 17.7 Å². The van der Waals surface area contributed by atoms with Crippen molar-refractivity contribution in [1.29, 1.82) is 0 Å². The van der Waals surface area contributed by atoms with Crippen molar-refractivity contribution in [2.24, 2.45) is 0 Å². The Morgan fingerprint density at radius 2 is 1.91 bits per heavy atom. The number of carboxylic acid groups (broad SMARTS) is 1. The number of carbonyl (C=O) groups excluding carboxylic acids is 1. The zero-order valence-corrected chi connectivity index (χ0v) is 12.2. The van der Waals surface area contributed by atoms with Gasteiger partial charge >= 0.3 is 12.1 Å². The van der Waals surface area contributed by atoms with Gasteiger partial charge in [0.25, 0.3) is 0 Å².